The number of hydrogen-bond donors (Lipinski definition) is 2. The van der Waals surface area contributed by atoms with Crippen LogP contribution in [0.25, 0.3) is 0 Å². The summed E-state index contributed by atoms with van der Waals surface area (Å²) in [5.41, 5.74) is 3.65. The van der Waals surface area contributed by atoms with Crippen LogP contribution >= 0.6 is 17.2 Å². The quantitative estimate of drug-likeness (QED) is 0.122. The van der Waals surface area contributed by atoms with E-state index in [1.54, 1.807) is 0 Å². The van der Waals surface area contributed by atoms with Gasteiger partial charge in [-0.25, -0.2) is 0 Å². The number of hydrogen-bond acceptors (Lipinski definition) is 4. The Morgan fingerprint density at radius 3 is 1.02 bits per heavy atom. The van der Waals surface area contributed by atoms with Crippen LogP contribution in [0.3, 0.4) is 0 Å². The van der Waals surface area contributed by atoms with Gasteiger partial charge in [0, 0.05) is 0 Å². The molecule has 4 aliphatic carbocycles. The molecule has 2 N–H and O–H groups in total. The first-order chi connectivity index (χ1) is 21.3. The van der Waals surface area contributed by atoms with Crippen molar-refractivity contribution in [1.82, 2.24) is 0 Å². The SMILES string of the molecule is CC(CC(C)PC1CCC(CCCC2CCC(S(=O)(=O)O)CC2)CC1)PC1CCC(CCCC2CCC(S(=O)(=O)O)CC2)CC1. The second kappa shape index (κ2) is 18.6. The van der Waals surface area contributed by atoms with Crippen LogP contribution in [0.15, 0.2) is 0 Å². The van der Waals surface area contributed by atoms with E-state index in [1.807, 2.05) is 0 Å². The van der Waals surface area contributed by atoms with Gasteiger partial charge in [-0.1, -0.05) is 52.4 Å². The average molecular weight is 709 g/mol. The van der Waals surface area contributed by atoms with Crippen LogP contribution in [0, 0.1) is 23.7 Å². The predicted molar refractivity (Wildman–Crippen MR) is 194 cm³/mol. The third kappa shape index (κ3) is 13.8. The highest BCUT2D eigenvalue weighted by Crippen LogP contribution is 2.45. The van der Waals surface area contributed by atoms with Gasteiger partial charge in [0.1, 0.15) is 0 Å². The monoisotopic (exact) mass is 708 g/mol. The van der Waals surface area contributed by atoms with E-state index in [2.05, 4.69) is 13.8 Å². The third-order valence-electron chi connectivity index (χ3n) is 12.3. The molecular weight excluding hydrogens is 642 g/mol. The lowest BCUT2D eigenvalue weighted by atomic mass is 9.81. The largest absolute Gasteiger partial charge is 0.285 e. The molecule has 0 aromatic carbocycles. The van der Waals surface area contributed by atoms with Gasteiger partial charge < -0.3 is 0 Å². The zero-order valence-electron chi connectivity index (χ0n) is 28.4. The fourth-order valence-electron chi connectivity index (χ4n) is 9.53. The summed E-state index contributed by atoms with van der Waals surface area (Å²) in [6.45, 7) is 5.04. The van der Waals surface area contributed by atoms with Gasteiger partial charge in [-0.3, -0.25) is 9.11 Å². The maximum Gasteiger partial charge on any atom is 0.267 e. The minimum atomic E-state index is -3.84. The summed E-state index contributed by atoms with van der Waals surface area (Å²) in [6, 6.07) is 0. The van der Waals surface area contributed by atoms with Crippen molar-refractivity contribution >= 4 is 37.4 Å². The lowest BCUT2D eigenvalue weighted by Crippen LogP contribution is -2.26. The summed E-state index contributed by atoms with van der Waals surface area (Å²) >= 11 is 0. The molecule has 264 valence electrons. The van der Waals surface area contributed by atoms with Gasteiger partial charge in [-0.2, -0.15) is 16.8 Å². The van der Waals surface area contributed by atoms with E-state index in [0.29, 0.717) is 37.5 Å². The van der Waals surface area contributed by atoms with E-state index in [-0.39, 0.29) is 0 Å². The van der Waals surface area contributed by atoms with Crippen molar-refractivity contribution in [1.29, 1.82) is 0 Å². The van der Waals surface area contributed by atoms with E-state index in [1.165, 1.54) is 96.3 Å². The van der Waals surface area contributed by atoms with Crippen molar-refractivity contribution in [3.63, 3.8) is 0 Å². The van der Waals surface area contributed by atoms with Crippen molar-refractivity contribution in [2.45, 2.75) is 195 Å². The molecule has 0 aromatic heterocycles. The lowest BCUT2D eigenvalue weighted by molar-refractivity contribution is 0.290. The Kier molecular flexibility index (Phi) is 15.9. The Balaban J connectivity index is 0.991. The van der Waals surface area contributed by atoms with Crippen LogP contribution in [0.5, 0.6) is 0 Å². The maximum absolute atomic E-state index is 11.4. The van der Waals surface area contributed by atoms with Crippen LogP contribution in [0.2, 0.25) is 0 Å². The fraction of sp³-hybridized carbons (Fsp3) is 1.00. The molecule has 0 aromatic rings. The summed E-state index contributed by atoms with van der Waals surface area (Å²) in [6.07, 6.45) is 27.0. The highest BCUT2D eigenvalue weighted by Gasteiger charge is 2.31. The zero-order valence-corrected chi connectivity index (χ0v) is 32.0. The van der Waals surface area contributed by atoms with Crippen molar-refractivity contribution in [3.05, 3.63) is 0 Å². The smallest absolute Gasteiger partial charge is 0.267 e. The van der Waals surface area contributed by atoms with E-state index in [4.69, 9.17) is 0 Å². The summed E-state index contributed by atoms with van der Waals surface area (Å²) in [4.78, 5) is 0. The van der Waals surface area contributed by atoms with Gasteiger partial charge in [-0.15, -0.1) is 17.2 Å². The third-order valence-corrected chi connectivity index (χ3v) is 18.7. The summed E-state index contributed by atoms with van der Waals surface area (Å²) in [5.74, 6) is 3.12. The average Bonchev–Trinajstić information content (AvgIpc) is 2.98. The molecule has 4 aliphatic rings. The molecule has 4 atom stereocenters. The first-order valence-corrected chi connectivity index (χ1v) is 24.1. The minimum Gasteiger partial charge on any atom is -0.285 e. The van der Waals surface area contributed by atoms with Crippen molar-refractivity contribution in [2.24, 2.45) is 23.7 Å². The Morgan fingerprint density at radius 2 is 0.756 bits per heavy atom. The van der Waals surface area contributed by atoms with Gasteiger partial charge in [0.05, 0.1) is 10.5 Å². The highest BCUT2D eigenvalue weighted by atomic mass is 32.2. The molecule has 45 heavy (non-hydrogen) atoms. The molecule has 0 radical (unpaired) electrons. The van der Waals surface area contributed by atoms with Gasteiger partial charge in [-0.05, 0) is 155 Å². The van der Waals surface area contributed by atoms with E-state index in [0.717, 1.165) is 77.3 Å². The molecule has 10 heteroatoms. The molecule has 0 amide bonds. The molecule has 6 nitrogen and oxygen atoms in total. The molecule has 0 bridgehead atoms. The topological polar surface area (TPSA) is 109 Å². The van der Waals surface area contributed by atoms with Crippen molar-refractivity contribution in [2.75, 3.05) is 0 Å². The number of rotatable bonds is 16. The summed E-state index contributed by atoms with van der Waals surface area (Å²) < 4.78 is 64.1. The van der Waals surface area contributed by atoms with Crippen LogP contribution in [0.1, 0.15) is 162 Å². The van der Waals surface area contributed by atoms with Gasteiger partial charge in [0.15, 0.2) is 0 Å². The van der Waals surface area contributed by atoms with E-state index >= 15 is 0 Å². The molecule has 0 spiro atoms. The maximum atomic E-state index is 11.4. The lowest BCUT2D eigenvalue weighted by Gasteiger charge is -2.33. The molecule has 4 fully saturated rings. The van der Waals surface area contributed by atoms with Crippen molar-refractivity contribution in [3.8, 4) is 0 Å². The normalized spacial score (nSPS) is 35.6. The summed E-state index contributed by atoms with van der Waals surface area (Å²) in [5, 5.41) is -1.03. The second-order valence-corrected chi connectivity index (χ2v) is 23.6. The van der Waals surface area contributed by atoms with Crippen LogP contribution in [-0.2, 0) is 20.2 Å². The fourth-order valence-corrected chi connectivity index (χ4v) is 15.4. The Bertz CT molecular complexity index is 970. The molecule has 0 saturated heterocycles. The molecule has 4 unspecified atom stereocenters. The Hall–Kier alpha value is 0.680. The van der Waals surface area contributed by atoms with E-state index in [9.17, 15) is 25.9 Å². The van der Waals surface area contributed by atoms with Crippen LogP contribution < -0.4 is 0 Å². The Labute approximate surface area is 280 Å². The highest BCUT2D eigenvalue weighted by molar-refractivity contribution is 7.86. The van der Waals surface area contributed by atoms with E-state index < -0.39 is 30.7 Å². The molecule has 0 heterocycles. The molecule has 4 saturated carbocycles. The molecule has 0 aliphatic heterocycles. The standard InChI is InChI=1S/C35H66O6P2S2/c1-26(42-32-17-9-28(10-18-32)5-3-7-30-13-21-34(22-14-30)44(36,37)38)25-27(2)43-33-19-11-29(12-20-33)6-4-8-31-15-23-35(24-16-31)45(39,40)41/h26-35,42-43H,3-25H2,1-2H3,(H,36,37,38)(H,39,40,41). The van der Waals surface area contributed by atoms with Crippen LogP contribution in [0.4, 0.5) is 0 Å². The van der Waals surface area contributed by atoms with Crippen molar-refractivity contribution < 1.29 is 25.9 Å². The van der Waals surface area contributed by atoms with Gasteiger partial charge in [0.2, 0.25) is 0 Å². The van der Waals surface area contributed by atoms with Gasteiger partial charge in [0.25, 0.3) is 20.2 Å². The first kappa shape index (κ1) is 38.5. The minimum absolute atomic E-state index is 0.513. The van der Waals surface area contributed by atoms with Crippen LogP contribution in [-0.4, -0.2) is 59.1 Å². The molecular formula is C35H66O6P2S2. The Morgan fingerprint density at radius 1 is 0.489 bits per heavy atom. The zero-order chi connectivity index (χ0) is 32.5. The molecule has 4 rings (SSSR count). The van der Waals surface area contributed by atoms with Gasteiger partial charge >= 0.3 is 0 Å². The first-order valence-electron chi connectivity index (χ1n) is 18.8. The summed E-state index contributed by atoms with van der Waals surface area (Å²) in [7, 11) is -5.41. The second-order valence-electron chi connectivity index (χ2n) is 16.0. The predicted octanol–water partition coefficient (Wildman–Crippen LogP) is 9.86.